The van der Waals surface area contributed by atoms with Crippen LogP contribution < -0.4 is 17.0 Å². The molecule has 0 bridgehead atoms. The first-order chi connectivity index (χ1) is 14.8. The van der Waals surface area contributed by atoms with E-state index in [0.29, 0.717) is 15.8 Å². The summed E-state index contributed by atoms with van der Waals surface area (Å²) in [5.41, 5.74) is 3.75. The van der Waals surface area contributed by atoms with Gasteiger partial charge in [0, 0.05) is 11.4 Å². The van der Waals surface area contributed by atoms with Crippen molar-refractivity contribution < 1.29 is 28.5 Å². The number of ether oxygens (including phenoxy) is 3. The fourth-order valence-corrected chi connectivity index (χ4v) is 3.22. The van der Waals surface area contributed by atoms with Crippen LogP contribution in [-0.4, -0.2) is 45.6 Å². The number of carbonyl (C=O) groups excluding carboxylic acids is 1. The van der Waals surface area contributed by atoms with Crippen LogP contribution in [0.4, 0.5) is 4.39 Å². The highest BCUT2D eigenvalue weighted by atomic mass is 35.5. The predicted octanol–water partition coefficient (Wildman–Crippen LogP) is 0.127. The van der Waals surface area contributed by atoms with Crippen LogP contribution in [0.1, 0.15) is 18.2 Å². The second kappa shape index (κ2) is 10.2. The Morgan fingerprint density at radius 2 is 2.03 bits per heavy atom. The quantitative estimate of drug-likeness (QED) is 0.534. The molecule has 0 unspecified atom stereocenters. The molecule has 1 aliphatic rings. The van der Waals surface area contributed by atoms with Gasteiger partial charge in [-0.15, -0.1) is 0 Å². The lowest BCUT2D eigenvalue weighted by Gasteiger charge is -2.17. The lowest BCUT2D eigenvalue weighted by atomic mass is 10.1. The van der Waals surface area contributed by atoms with Gasteiger partial charge in [0.2, 0.25) is 5.82 Å². The molecule has 2 aromatic rings. The van der Waals surface area contributed by atoms with Crippen molar-refractivity contribution in [2.75, 3.05) is 13.2 Å². The van der Waals surface area contributed by atoms with Crippen LogP contribution in [0.5, 0.6) is 0 Å². The third-order valence-electron chi connectivity index (χ3n) is 4.72. The van der Waals surface area contributed by atoms with Gasteiger partial charge >= 0.3 is 11.7 Å². The van der Waals surface area contributed by atoms with E-state index in [1.807, 2.05) is 0 Å². The van der Waals surface area contributed by atoms with Crippen molar-refractivity contribution in [3.63, 3.8) is 0 Å². The molecule has 2 heterocycles. The third-order valence-corrected chi connectivity index (χ3v) is 4.97. The van der Waals surface area contributed by atoms with Gasteiger partial charge in [-0.25, -0.2) is 9.36 Å². The summed E-state index contributed by atoms with van der Waals surface area (Å²) in [6, 6.07) is 6.98. The highest BCUT2D eigenvalue weighted by Gasteiger charge is 2.37. The number of aliphatic hydroxyl groups is 1. The maximum Gasteiger partial charge on any atom is 0.336 e. The zero-order valence-electron chi connectivity index (χ0n) is 16.3. The minimum Gasteiger partial charge on any atom is -0.443 e. The molecule has 12 heteroatoms. The van der Waals surface area contributed by atoms with Gasteiger partial charge in [-0.05, 0) is 17.7 Å². The predicted molar refractivity (Wildman–Crippen MR) is 106 cm³/mol. The van der Waals surface area contributed by atoms with E-state index < -0.39 is 61.4 Å². The topological polar surface area (TPSA) is 135 Å². The maximum absolute atomic E-state index is 14.2. The van der Waals surface area contributed by atoms with Crippen molar-refractivity contribution >= 4 is 17.6 Å². The molecule has 0 saturated carbocycles. The summed E-state index contributed by atoms with van der Waals surface area (Å²) in [4.78, 5) is 35.9. The Kier molecular flexibility index (Phi) is 7.57. The Morgan fingerprint density at radius 1 is 1.32 bits per heavy atom. The standard InChI is InChI=1S/C19H21ClFN3O7/c20-12-3-1-11(2-4-12)9-29-14-5-16(31-15(14)8-25)23-7-13(21)18(27)24(19(23)28)10-30-17(26)6-22/h1-4,7,14-16,25H,5-6,8-10,22H2/t14-,15+,16+/m0/s1. The van der Waals surface area contributed by atoms with Gasteiger partial charge in [-0.1, -0.05) is 23.7 Å². The molecule has 10 nitrogen and oxygen atoms in total. The molecule has 3 atom stereocenters. The number of rotatable bonds is 8. The molecule has 1 aromatic heterocycles. The number of hydrogen-bond donors (Lipinski definition) is 2. The highest BCUT2D eigenvalue weighted by Crippen LogP contribution is 2.30. The molecular formula is C19H21ClFN3O7. The fraction of sp³-hybridized carbons (Fsp3) is 0.421. The number of halogens is 2. The van der Waals surface area contributed by atoms with Crippen LogP contribution >= 0.6 is 11.6 Å². The van der Waals surface area contributed by atoms with E-state index >= 15 is 0 Å². The molecule has 3 N–H and O–H groups in total. The number of carbonyl (C=O) groups is 1. The Morgan fingerprint density at radius 3 is 2.68 bits per heavy atom. The number of aromatic nitrogens is 2. The molecule has 1 saturated heterocycles. The average Bonchev–Trinajstić information content (AvgIpc) is 3.18. The van der Waals surface area contributed by atoms with Crippen LogP contribution in [0, 0.1) is 5.82 Å². The summed E-state index contributed by atoms with van der Waals surface area (Å²) in [5.74, 6) is -2.10. The van der Waals surface area contributed by atoms with Gasteiger partial charge in [-0.2, -0.15) is 4.39 Å². The lowest BCUT2D eigenvalue weighted by molar-refractivity contribution is -0.146. The Bertz CT molecular complexity index is 1040. The van der Waals surface area contributed by atoms with Crippen LogP contribution in [0.25, 0.3) is 0 Å². The third kappa shape index (κ3) is 5.38. The summed E-state index contributed by atoms with van der Waals surface area (Å²) in [5, 5.41) is 10.2. The van der Waals surface area contributed by atoms with Gasteiger partial charge in [-0.3, -0.25) is 14.2 Å². The summed E-state index contributed by atoms with van der Waals surface area (Å²) in [6.45, 7) is -1.45. The fourth-order valence-electron chi connectivity index (χ4n) is 3.10. The van der Waals surface area contributed by atoms with E-state index in [4.69, 9.17) is 26.8 Å². The molecule has 1 aliphatic heterocycles. The summed E-state index contributed by atoms with van der Waals surface area (Å²) in [6.07, 6.45) is -1.56. The van der Waals surface area contributed by atoms with E-state index in [-0.39, 0.29) is 13.0 Å². The Labute approximate surface area is 180 Å². The van der Waals surface area contributed by atoms with E-state index in [2.05, 4.69) is 4.74 Å². The Hall–Kier alpha value is -2.57. The number of esters is 1. The van der Waals surface area contributed by atoms with E-state index in [0.717, 1.165) is 10.1 Å². The zero-order chi connectivity index (χ0) is 22.5. The van der Waals surface area contributed by atoms with Crippen LogP contribution in [0.3, 0.4) is 0 Å². The van der Waals surface area contributed by atoms with Crippen LogP contribution in [0.15, 0.2) is 40.1 Å². The lowest BCUT2D eigenvalue weighted by Crippen LogP contribution is -2.43. The van der Waals surface area contributed by atoms with Gasteiger partial charge in [0.1, 0.15) is 12.3 Å². The van der Waals surface area contributed by atoms with Gasteiger partial charge in [0.15, 0.2) is 6.73 Å². The molecule has 31 heavy (non-hydrogen) atoms. The first kappa shape index (κ1) is 23.1. The van der Waals surface area contributed by atoms with E-state index in [1.165, 1.54) is 0 Å². The highest BCUT2D eigenvalue weighted by molar-refractivity contribution is 6.30. The maximum atomic E-state index is 14.2. The molecule has 0 spiro atoms. The molecule has 3 rings (SSSR count). The van der Waals surface area contributed by atoms with Crippen molar-refractivity contribution in [2.24, 2.45) is 5.73 Å². The normalized spacial score (nSPS) is 20.7. The number of benzene rings is 1. The number of nitrogens with zero attached hydrogens (tertiary/aromatic N) is 2. The van der Waals surface area contributed by atoms with Gasteiger partial charge < -0.3 is 25.1 Å². The second-order valence-electron chi connectivity index (χ2n) is 6.77. The summed E-state index contributed by atoms with van der Waals surface area (Å²) in [7, 11) is 0. The number of hydrogen-bond acceptors (Lipinski definition) is 8. The van der Waals surface area contributed by atoms with Crippen molar-refractivity contribution in [1.29, 1.82) is 0 Å². The molecule has 1 aromatic carbocycles. The Balaban J connectivity index is 1.78. The molecule has 0 aliphatic carbocycles. The van der Waals surface area contributed by atoms with Crippen molar-refractivity contribution in [3.8, 4) is 0 Å². The molecular weight excluding hydrogens is 437 g/mol. The number of aliphatic hydroxyl groups excluding tert-OH is 1. The zero-order valence-corrected chi connectivity index (χ0v) is 17.0. The number of nitrogens with two attached hydrogens (primary N) is 1. The van der Waals surface area contributed by atoms with Crippen molar-refractivity contribution in [1.82, 2.24) is 9.13 Å². The summed E-state index contributed by atoms with van der Waals surface area (Å²) < 4.78 is 31.6. The average molecular weight is 458 g/mol. The van der Waals surface area contributed by atoms with Gasteiger partial charge in [0.05, 0.1) is 32.1 Å². The minimum absolute atomic E-state index is 0.110. The van der Waals surface area contributed by atoms with Crippen molar-refractivity contribution in [3.05, 3.63) is 67.7 Å². The minimum atomic E-state index is -1.25. The molecule has 0 amide bonds. The first-order valence-corrected chi connectivity index (χ1v) is 9.71. The van der Waals surface area contributed by atoms with Crippen LogP contribution in [-0.2, 0) is 32.3 Å². The van der Waals surface area contributed by atoms with E-state index in [9.17, 15) is 23.9 Å². The smallest absolute Gasteiger partial charge is 0.336 e. The molecule has 1 fully saturated rings. The molecule has 0 radical (unpaired) electrons. The summed E-state index contributed by atoms with van der Waals surface area (Å²) >= 11 is 5.86. The van der Waals surface area contributed by atoms with Crippen molar-refractivity contribution in [2.45, 2.75) is 38.2 Å². The first-order valence-electron chi connectivity index (χ1n) is 9.33. The SMILES string of the molecule is NCC(=O)OCn1c(=O)c(F)cn([C@H]2C[C@H](OCc3ccc(Cl)cc3)[C@@H](CO)O2)c1=O. The second-order valence-corrected chi connectivity index (χ2v) is 7.21. The monoisotopic (exact) mass is 457 g/mol. The largest absolute Gasteiger partial charge is 0.443 e. The van der Waals surface area contributed by atoms with E-state index in [1.54, 1.807) is 24.3 Å². The van der Waals surface area contributed by atoms with Crippen LogP contribution in [0.2, 0.25) is 5.02 Å². The molecule has 168 valence electrons. The van der Waals surface area contributed by atoms with Gasteiger partial charge in [0.25, 0.3) is 5.56 Å².